The molecule has 0 atom stereocenters. The molecule has 0 unspecified atom stereocenters. The van der Waals surface area contributed by atoms with Gasteiger partial charge in [-0.05, 0) is 74.9 Å². The molecule has 0 spiro atoms. The van der Waals surface area contributed by atoms with E-state index >= 15 is 0 Å². The van der Waals surface area contributed by atoms with Crippen LogP contribution in [0.2, 0.25) is 0 Å². The van der Waals surface area contributed by atoms with Gasteiger partial charge in [0.05, 0.1) is 20.8 Å². The lowest BCUT2D eigenvalue weighted by atomic mass is 9.78. The predicted octanol–water partition coefficient (Wildman–Crippen LogP) is 3.39. The van der Waals surface area contributed by atoms with E-state index in [0.717, 1.165) is 35.6 Å². The lowest BCUT2D eigenvalue weighted by Crippen LogP contribution is -2.22. The van der Waals surface area contributed by atoms with Crippen molar-refractivity contribution in [2.24, 2.45) is 5.92 Å². The van der Waals surface area contributed by atoms with Crippen molar-refractivity contribution in [2.75, 3.05) is 14.1 Å². The van der Waals surface area contributed by atoms with Gasteiger partial charge in [0, 0.05) is 38.0 Å². The van der Waals surface area contributed by atoms with Crippen molar-refractivity contribution in [1.29, 1.82) is 0 Å². The van der Waals surface area contributed by atoms with E-state index in [-0.39, 0.29) is 27.4 Å². The molecule has 1 saturated carbocycles. The first-order valence-corrected chi connectivity index (χ1v) is 13.7. The summed E-state index contributed by atoms with van der Waals surface area (Å²) in [5.41, 5.74) is 1.98. The van der Waals surface area contributed by atoms with E-state index in [9.17, 15) is 21.6 Å². The number of aromatic nitrogens is 2. The van der Waals surface area contributed by atoms with Gasteiger partial charge in [0.15, 0.2) is 0 Å². The predicted molar refractivity (Wildman–Crippen MR) is 125 cm³/mol. The van der Waals surface area contributed by atoms with Crippen molar-refractivity contribution >= 4 is 36.9 Å². The van der Waals surface area contributed by atoms with Gasteiger partial charge in [-0.3, -0.25) is 9.78 Å². The summed E-state index contributed by atoms with van der Waals surface area (Å²) in [6.07, 6.45) is 6.46. The number of hydrogen-bond donors (Lipinski definition) is 0. The summed E-state index contributed by atoms with van der Waals surface area (Å²) in [5, 5.41) is 0. The third-order valence-corrected chi connectivity index (χ3v) is 9.97. The minimum absolute atomic E-state index is 0.00667. The van der Waals surface area contributed by atoms with Gasteiger partial charge in [0.2, 0.25) is 10.0 Å². The molecule has 3 aromatic rings. The molecule has 0 amide bonds. The molecule has 10 heteroatoms. The standard InChI is InChI=1S/C23H27N3O5S2/c1-16(27)17-6-8-18(9-7-17)21-15-26(22-5-4-14-24-23(21)22)33(30,31)20-12-10-19(11-13-20)32(28,29)25(2)3/h4-5,10-15,17-18H,6-9H2,1-3H3. The zero-order chi connectivity index (χ0) is 24.0. The molecule has 4 rings (SSSR count). The molecule has 0 bridgehead atoms. The molecule has 0 radical (unpaired) electrons. The highest BCUT2D eigenvalue weighted by atomic mass is 32.2. The van der Waals surface area contributed by atoms with E-state index in [0.29, 0.717) is 11.0 Å². The maximum absolute atomic E-state index is 13.5. The van der Waals surface area contributed by atoms with E-state index < -0.39 is 20.0 Å². The van der Waals surface area contributed by atoms with Crippen LogP contribution in [0.4, 0.5) is 0 Å². The molecule has 0 N–H and O–H groups in total. The normalized spacial score (nSPS) is 19.8. The fraction of sp³-hybridized carbons (Fsp3) is 0.391. The number of carbonyl (C=O) groups excluding carboxylic acids is 1. The van der Waals surface area contributed by atoms with E-state index in [1.165, 1.54) is 42.3 Å². The Balaban J connectivity index is 1.73. The van der Waals surface area contributed by atoms with Gasteiger partial charge in [-0.1, -0.05) is 0 Å². The first-order valence-electron chi connectivity index (χ1n) is 10.8. The summed E-state index contributed by atoms with van der Waals surface area (Å²) in [4.78, 5) is 16.2. The third-order valence-electron chi connectivity index (χ3n) is 6.45. The van der Waals surface area contributed by atoms with Crippen molar-refractivity contribution in [3.63, 3.8) is 0 Å². The number of pyridine rings is 1. The number of Topliss-reactive ketones (excluding diaryl/α,β-unsaturated/α-hetero) is 1. The number of rotatable bonds is 6. The Morgan fingerprint density at radius 1 is 0.970 bits per heavy atom. The fourth-order valence-electron chi connectivity index (χ4n) is 4.47. The highest BCUT2D eigenvalue weighted by molar-refractivity contribution is 7.90. The lowest BCUT2D eigenvalue weighted by Gasteiger charge is -2.26. The summed E-state index contributed by atoms with van der Waals surface area (Å²) in [6, 6.07) is 8.64. The Kier molecular flexibility index (Phi) is 6.19. The minimum Gasteiger partial charge on any atom is -0.300 e. The van der Waals surface area contributed by atoms with Crippen molar-refractivity contribution in [3.8, 4) is 0 Å². The number of ketones is 1. The highest BCUT2D eigenvalue weighted by Crippen LogP contribution is 2.40. The summed E-state index contributed by atoms with van der Waals surface area (Å²) >= 11 is 0. The Morgan fingerprint density at radius 2 is 1.58 bits per heavy atom. The van der Waals surface area contributed by atoms with E-state index in [1.807, 2.05) is 0 Å². The van der Waals surface area contributed by atoms with Gasteiger partial charge >= 0.3 is 0 Å². The van der Waals surface area contributed by atoms with Crippen LogP contribution in [0, 0.1) is 5.92 Å². The first kappa shape index (κ1) is 23.6. The molecule has 2 heterocycles. The molecular weight excluding hydrogens is 462 g/mol. The van der Waals surface area contributed by atoms with Crippen molar-refractivity contribution in [2.45, 2.75) is 48.3 Å². The van der Waals surface area contributed by atoms with Gasteiger partial charge < -0.3 is 0 Å². The maximum atomic E-state index is 13.5. The average molecular weight is 490 g/mol. The van der Waals surface area contributed by atoms with E-state index in [1.54, 1.807) is 31.5 Å². The molecule has 0 aliphatic heterocycles. The van der Waals surface area contributed by atoms with Gasteiger partial charge in [0.25, 0.3) is 10.0 Å². The Morgan fingerprint density at radius 3 is 2.15 bits per heavy atom. The average Bonchev–Trinajstić information content (AvgIpc) is 3.19. The van der Waals surface area contributed by atoms with Gasteiger partial charge in [-0.15, -0.1) is 0 Å². The van der Waals surface area contributed by atoms with Crippen LogP contribution in [0.3, 0.4) is 0 Å². The lowest BCUT2D eigenvalue weighted by molar-refractivity contribution is -0.121. The van der Waals surface area contributed by atoms with E-state index in [2.05, 4.69) is 4.98 Å². The van der Waals surface area contributed by atoms with Gasteiger partial charge in [-0.25, -0.2) is 25.1 Å². The Labute approximate surface area is 194 Å². The zero-order valence-electron chi connectivity index (χ0n) is 18.8. The zero-order valence-corrected chi connectivity index (χ0v) is 20.4. The number of fused-ring (bicyclic) bond motifs is 1. The monoisotopic (exact) mass is 489 g/mol. The SMILES string of the molecule is CC(=O)C1CCC(c2cn(S(=O)(=O)c3ccc(S(=O)(=O)N(C)C)cc3)c3cccnc23)CC1. The van der Waals surface area contributed by atoms with Crippen LogP contribution >= 0.6 is 0 Å². The second-order valence-electron chi connectivity index (χ2n) is 8.67. The van der Waals surface area contributed by atoms with Crippen molar-refractivity contribution < 1.29 is 21.6 Å². The molecule has 1 aromatic carbocycles. The van der Waals surface area contributed by atoms with Crippen LogP contribution in [0.5, 0.6) is 0 Å². The summed E-state index contributed by atoms with van der Waals surface area (Å²) in [7, 11) is -4.80. The van der Waals surface area contributed by atoms with E-state index in [4.69, 9.17) is 0 Å². The van der Waals surface area contributed by atoms with Gasteiger partial charge in [0.1, 0.15) is 5.78 Å². The first-order chi connectivity index (χ1) is 15.5. The number of benzene rings is 1. The number of sulfonamides is 1. The minimum atomic E-state index is -3.98. The van der Waals surface area contributed by atoms with Crippen LogP contribution in [0.1, 0.15) is 44.1 Å². The highest BCUT2D eigenvalue weighted by Gasteiger charge is 2.30. The Bertz CT molecular complexity index is 1400. The molecule has 0 saturated heterocycles. The van der Waals surface area contributed by atoms with Crippen LogP contribution in [0.15, 0.2) is 58.6 Å². The molecule has 176 valence electrons. The third kappa shape index (κ3) is 4.22. The van der Waals surface area contributed by atoms with Gasteiger partial charge in [-0.2, -0.15) is 0 Å². The second kappa shape index (κ2) is 8.66. The Hall–Kier alpha value is -2.56. The van der Waals surface area contributed by atoms with Crippen molar-refractivity contribution in [1.82, 2.24) is 13.3 Å². The second-order valence-corrected chi connectivity index (χ2v) is 12.6. The van der Waals surface area contributed by atoms with Crippen molar-refractivity contribution in [3.05, 3.63) is 54.4 Å². The number of nitrogens with zero attached hydrogens (tertiary/aromatic N) is 3. The molecule has 1 fully saturated rings. The molecule has 1 aliphatic carbocycles. The van der Waals surface area contributed by atoms with Crippen LogP contribution in [-0.2, 0) is 24.8 Å². The summed E-state index contributed by atoms with van der Waals surface area (Å²) < 4.78 is 54.0. The van der Waals surface area contributed by atoms with Crippen LogP contribution < -0.4 is 0 Å². The van der Waals surface area contributed by atoms with Crippen LogP contribution in [-0.4, -0.2) is 50.0 Å². The molecule has 2 aromatic heterocycles. The topological polar surface area (TPSA) is 106 Å². The molecule has 1 aliphatic rings. The largest absolute Gasteiger partial charge is 0.300 e. The van der Waals surface area contributed by atoms with Crippen LogP contribution in [0.25, 0.3) is 11.0 Å². The molecule has 8 nitrogen and oxygen atoms in total. The number of carbonyl (C=O) groups is 1. The molecule has 33 heavy (non-hydrogen) atoms. The summed E-state index contributed by atoms with van der Waals surface area (Å²) in [5.74, 6) is 0.404. The fourth-order valence-corrected chi connectivity index (χ4v) is 6.74. The smallest absolute Gasteiger partial charge is 0.268 e. The quantitative estimate of drug-likeness (QED) is 0.525. The molecular formula is C23H27N3O5S2. The summed E-state index contributed by atoms with van der Waals surface area (Å²) in [6.45, 7) is 1.63. The maximum Gasteiger partial charge on any atom is 0.268 e. The number of hydrogen-bond acceptors (Lipinski definition) is 6.